The van der Waals surface area contributed by atoms with Gasteiger partial charge in [-0.15, -0.1) is 0 Å². The maximum Gasteiger partial charge on any atom is 0.0471 e. The highest BCUT2D eigenvalue weighted by atomic mass is 16.3. The zero-order valence-electron chi connectivity index (χ0n) is 9.03. The van der Waals surface area contributed by atoms with Crippen molar-refractivity contribution in [2.75, 3.05) is 20.2 Å². The summed E-state index contributed by atoms with van der Waals surface area (Å²) in [5.41, 5.74) is 1.22. The van der Waals surface area contributed by atoms with Gasteiger partial charge >= 0.3 is 0 Å². The van der Waals surface area contributed by atoms with E-state index < -0.39 is 0 Å². The van der Waals surface area contributed by atoms with Crippen LogP contribution in [0.15, 0.2) is 18.3 Å². The van der Waals surface area contributed by atoms with E-state index in [9.17, 15) is 0 Å². The van der Waals surface area contributed by atoms with Crippen LogP contribution in [0.3, 0.4) is 0 Å². The predicted molar refractivity (Wildman–Crippen MR) is 58.0 cm³/mol. The second-order valence-electron chi connectivity index (χ2n) is 3.85. The molecule has 3 heteroatoms. The lowest BCUT2D eigenvalue weighted by atomic mass is 10.1. The monoisotopic (exact) mass is 196 g/mol. The molecular weight excluding hydrogens is 176 g/mol. The first-order valence-corrected chi connectivity index (χ1v) is 5.18. The highest BCUT2D eigenvalue weighted by molar-refractivity contribution is 5.03. The first-order valence-electron chi connectivity index (χ1n) is 5.18. The molecule has 14 heavy (non-hydrogen) atoms. The fourth-order valence-corrected chi connectivity index (χ4v) is 1.58. The summed E-state index contributed by atoms with van der Waals surface area (Å²) in [4.78, 5) is 5.41. The number of nitrogens with zero attached hydrogens (tertiary/aromatic N) is 1. The van der Waals surface area contributed by atoms with Gasteiger partial charge in [0.25, 0.3) is 0 Å². The van der Waals surface area contributed by atoms with Crippen LogP contribution in [0.1, 0.15) is 19.0 Å². The molecule has 0 aliphatic heterocycles. The average molecular weight is 196 g/mol. The van der Waals surface area contributed by atoms with Crippen molar-refractivity contribution in [3.05, 3.63) is 24.0 Å². The molecule has 1 aromatic rings. The number of rotatable bonds is 6. The van der Waals surface area contributed by atoms with Gasteiger partial charge in [0.2, 0.25) is 0 Å². The van der Waals surface area contributed by atoms with Crippen molar-refractivity contribution in [1.82, 2.24) is 9.88 Å². The van der Waals surface area contributed by atoms with Gasteiger partial charge in [-0.2, -0.15) is 0 Å². The minimum Gasteiger partial charge on any atom is -0.396 e. The van der Waals surface area contributed by atoms with Gasteiger partial charge in [0, 0.05) is 31.6 Å². The van der Waals surface area contributed by atoms with Crippen molar-refractivity contribution >= 4 is 0 Å². The number of aliphatic hydroxyl groups is 1. The van der Waals surface area contributed by atoms with Gasteiger partial charge in [-0.25, -0.2) is 0 Å². The Kier molecular flexibility index (Phi) is 4.70. The van der Waals surface area contributed by atoms with Crippen LogP contribution in [0.4, 0.5) is 0 Å². The highest BCUT2D eigenvalue weighted by Crippen LogP contribution is 2.06. The van der Waals surface area contributed by atoms with Crippen molar-refractivity contribution in [3.63, 3.8) is 0 Å². The predicted octanol–water partition coefficient (Wildman–Crippen LogP) is 1.47. The van der Waals surface area contributed by atoms with Gasteiger partial charge in [0.15, 0.2) is 0 Å². The van der Waals surface area contributed by atoms with E-state index in [4.69, 9.17) is 5.11 Å². The Labute approximate surface area is 85.7 Å². The quantitative estimate of drug-likeness (QED) is 0.723. The summed E-state index contributed by atoms with van der Waals surface area (Å²) >= 11 is 0. The molecule has 2 N–H and O–H groups in total. The highest BCUT2D eigenvalue weighted by Gasteiger charge is 2.08. The van der Waals surface area contributed by atoms with E-state index in [1.807, 2.05) is 12.3 Å². The smallest absolute Gasteiger partial charge is 0.0471 e. The van der Waals surface area contributed by atoms with Crippen molar-refractivity contribution in [2.45, 2.75) is 19.9 Å². The molecule has 3 nitrogen and oxygen atoms in total. The Morgan fingerprint density at radius 1 is 1.57 bits per heavy atom. The molecule has 0 bridgehead atoms. The van der Waals surface area contributed by atoms with Gasteiger partial charge in [0.05, 0.1) is 0 Å². The minimum atomic E-state index is 0.283. The third kappa shape index (κ3) is 3.52. The fourth-order valence-electron chi connectivity index (χ4n) is 1.58. The Bertz CT molecular complexity index is 229. The molecule has 1 unspecified atom stereocenters. The zero-order chi connectivity index (χ0) is 10.4. The Balaban J connectivity index is 2.31. The lowest BCUT2D eigenvalue weighted by Crippen LogP contribution is -2.27. The maximum atomic E-state index is 9.07. The van der Waals surface area contributed by atoms with Crippen LogP contribution in [0, 0.1) is 5.92 Å². The lowest BCUT2D eigenvalue weighted by Gasteiger charge is -2.21. The molecule has 80 valence electrons. The topological polar surface area (TPSA) is 39.3 Å². The Hall–Kier alpha value is -0.800. The molecule has 1 rings (SSSR count). The van der Waals surface area contributed by atoms with E-state index in [0.29, 0.717) is 5.92 Å². The van der Waals surface area contributed by atoms with Crippen molar-refractivity contribution in [3.8, 4) is 0 Å². The maximum absolute atomic E-state index is 9.07. The average Bonchev–Trinajstić information content (AvgIpc) is 2.66. The number of hydrogen-bond acceptors (Lipinski definition) is 2. The summed E-state index contributed by atoms with van der Waals surface area (Å²) in [5, 5.41) is 9.07. The minimum absolute atomic E-state index is 0.283. The van der Waals surface area contributed by atoms with E-state index in [1.165, 1.54) is 5.69 Å². The molecule has 0 saturated heterocycles. The number of hydrogen-bond donors (Lipinski definition) is 2. The van der Waals surface area contributed by atoms with E-state index in [1.54, 1.807) is 0 Å². The van der Waals surface area contributed by atoms with Crippen molar-refractivity contribution < 1.29 is 5.11 Å². The van der Waals surface area contributed by atoms with Crippen LogP contribution in [-0.2, 0) is 6.54 Å². The second kappa shape index (κ2) is 5.83. The molecule has 1 aromatic heterocycles. The zero-order valence-corrected chi connectivity index (χ0v) is 9.03. The molecule has 0 aliphatic rings. The largest absolute Gasteiger partial charge is 0.396 e. The molecule has 0 aliphatic carbocycles. The van der Waals surface area contributed by atoms with Crippen LogP contribution in [0.5, 0.6) is 0 Å². The first kappa shape index (κ1) is 11.3. The summed E-state index contributed by atoms with van der Waals surface area (Å²) in [6.07, 6.45) is 2.97. The molecule has 0 aromatic carbocycles. The Morgan fingerprint density at radius 3 is 2.86 bits per heavy atom. The molecule has 1 atom stereocenters. The number of aliphatic hydroxyl groups excluding tert-OH is 1. The molecule has 0 radical (unpaired) electrons. The van der Waals surface area contributed by atoms with Gasteiger partial charge in [-0.3, -0.25) is 0 Å². The van der Waals surface area contributed by atoms with E-state index >= 15 is 0 Å². The van der Waals surface area contributed by atoms with Crippen LogP contribution in [0.25, 0.3) is 0 Å². The lowest BCUT2D eigenvalue weighted by molar-refractivity contribution is 0.172. The van der Waals surface area contributed by atoms with E-state index in [2.05, 4.69) is 29.9 Å². The van der Waals surface area contributed by atoms with Gasteiger partial charge < -0.3 is 15.0 Å². The van der Waals surface area contributed by atoms with Gasteiger partial charge in [-0.05, 0) is 31.5 Å². The summed E-state index contributed by atoms with van der Waals surface area (Å²) in [7, 11) is 2.08. The fraction of sp³-hybridized carbons (Fsp3) is 0.636. The SMILES string of the molecule is CCC(CO)CN(C)Cc1ccc[nH]1. The number of aromatic nitrogens is 1. The Morgan fingerprint density at radius 2 is 2.36 bits per heavy atom. The normalized spacial score (nSPS) is 13.4. The molecule has 0 saturated carbocycles. The first-order chi connectivity index (χ1) is 6.76. The molecule has 0 amide bonds. The molecule has 0 spiro atoms. The van der Waals surface area contributed by atoms with Crippen LogP contribution in [-0.4, -0.2) is 35.2 Å². The van der Waals surface area contributed by atoms with Gasteiger partial charge in [-0.1, -0.05) is 6.92 Å². The summed E-state index contributed by atoms with van der Waals surface area (Å²) in [5.74, 6) is 0.398. The number of H-pyrrole nitrogens is 1. The third-order valence-electron chi connectivity index (χ3n) is 2.51. The van der Waals surface area contributed by atoms with Crippen LogP contribution >= 0.6 is 0 Å². The van der Waals surface area contributed by atoms with Crippen molar-refractivity contribution in [2.24, 2.45) is 5.92 Å². The molecule has 1 heterocycles. The summed E-state index contributed by atoms with van der Waals surface area (Å²) in [6.45, 7) is 4.27. The van der Waals surface area contributed by atoms with Crippen LogP contribution < -0.4 is 0 Å². The molecule has 0 fully saturated rings. The summed E-state index contributed by atoms with van der Waals surface area (Å²) in [6, 6.07) is 4.09. The standard InChI is InChI=1S/C11H20N2O/c1-3-10(9-14)7-13(2)8-11-5-4-6-12-11/h4-6,10,12,14H,3,7-9H2,1-2H3. The third-order valence-corrected chi connectivity index (χ3v) is 2.51. The van der Waals surface area contributed by atoms with Gasteiger partial charge in [0.1, 0.15) is 0 Å². The number of nitrogens with one attached hydrogen (secondary N) is 1. The molecular formula is C11H20N2O. The van der Waals surface area contributed by atoms with E-state index in [-0.39, 0.29) is 6.61 Å². The summed E-state index contributed by atoms with van der Waals surface area (Å²) < 4.78 is 0. The van der Waals surface area contributed by atoms with E-state index in [0.717, 1.165) is 19.5 Å². The second-order valence-corrected chi connectivity index (χ2v) is 3.85. The number of aromatic amines is 1. The van der Waals surface area contributed by atoms with Crippen LogP contribution in [0.2, 0.25) is 0 Å². The van der Waals surface area contributed by atoms with Crippen molar-refractivity contribution in [1.29, 1.82) is 0 Å².